The largest absolute Gasteiger partial charge is 0.396 e. The molecule has 0 radical (unpaired) electrons. The first-order valence-electron chi connectivity index (χ1n) is 6.15. The Morgan fingerprint density at radius 1 is 1.35 bits per heavy atom. The molecular formula is C14H22FNO. The van der Waals surface area contributed by atoms with Gasteiger partial charge in [0.25, 0.3) is 0 Å². The molecule has 0 spiro atoms. The minimum Gasteiger partial charge on any atom is -0.396 e. The van der Waals surface area contributed by atoms with Gasteiger partial charge in [-0.2, -0.15) is 0 Å². The summed E-state index contributed by atoms with van der Waals surface area (Å²) in [7, 11) is 0. The fourth-order valence-corrected chi connectivity index (χ4v) is 1.70. The van der Waals surface area contributed by atoms with E-state index in [4.69, 9.17) is 5.11 Å². The van der Waals surface area contributed by atoms with Crippen molar-refractivity contribution in [3.8, 4) is 0 Å². The lowest BCUT2D eigenvalue weighted by Gasteiger charge is -2.18. The highest BCUT2D eigenvalue weighted by Crippen LogP contribution is 2.16. The van der Waals surface area contributed by atoms with E-state index in [1.807, 2.05) is 13.0 Å². The van der Waals surface area contributed by atoms with Crippen LogP contribution in [-0.2, 0) is 0 Å². The van der Waals surface area contributed by atoms with E-state index in [1.54, 1.807) is 19.1 Å². The second-order valence-corrected chi connectivity index (χ2v) is 4.76. The third-order valence-electron chi connectivity index (χ3n) is 3.09. The summed E-state index contributed by atoms with van der Waals surface area (Å²) in [5.41, 5.74) is 1.64. The number of hydrogen-bond donors (Lipinski definition) is 2. The number of aryl methyl sites for hydroxylation is 1. The number of hydrogen-bond acceptors (Lipinski definition) is 2. The van der Waals surface area contributed by atoms with E-state index in [0.717, 1.165) is 18.5 Å². The number of halogens is 1. The summed E-state index contributed by atoms with van der Waals surface area (Å²) in [5.74, 6) is 0.275. The summed E-state index contributed by atoms with van der Waals surface area (Å²) in [4.78, 5) is 0. The Bertz CT molecular complexity index is 354. The molecular weight excluding hydrogens is 217 g/mol. The molecule has 0 aromatic heterocycles. The van der Waals surface area contributed by atoms with Crippen molar-refractivity contribution < 1.29 is 9.50 Å². The van der Waals surface area contributed by atoms with Gasteiger partial charge in [-0.25, -0.2) is 4.39 Å². The van der Waals surface area contributed by atoms with E-state index >= 15 is 0 Å². The highest BCUT2D eigenvalue weighted by molar-refractivity contribution is 5.25. The zero-order valence-electron chi connectivity index (χ0n) is 10.8. The predicted octanol–water partition coefficient (Wildman–Crippen LogP) is 2.80. The van der Waals surface area contributed by atoms with E-state index in [-0.39, 0.29) is 18.5 Å². The van der Waals surface area contributed by atoms with Crippen LogP contribution in [0.15, 0.2) is 18.2 Å². The van der Waals surface area contributed by atoms with Crippen LogP contribution in [0.1, 0.15) is 37.4 Å². The number of aliphatic hydroxyl groups excluding tert-OH is 1. The molecule has 1 aromatic rings. The second kappa shape index (κ2) is 6.72. The molecule has 1 rings (SSSR count). The molecule has 0 saturated heterocycles. The molecule has 0 bridgehead atoms. The zero-order valence-corrected chi connectivity index (χ0v) is 10.8. The summed E-state index contributed by atoms with van der Waals surface area (Å²) in [6.07, 6.45) is 0.794. The number of rotatable bonds is 6. The quantitative estimate of drug-likeness (QED) is 0.800. The minimum absolute atomic E-state index is 0.131. The van der Waals surface area contributed by atoms with E-state index in [9.17, 15) is 4.39 Å². The number of benzene rings is 1. The molecule has 0 fully saturated rings. The van der Waals surface area contributed by atoms with Crippen LogP contribution in [0.3, 0.4) is 0 Å². The summed E-state index contributed by atoms with van der Waals surface area (Å²) in [5, 5.41) is 12.2. The molecule has 2 nitrogen and oxygen atoms in total. The lowest BCUT2D eigenvalue weighted by Crippen LogP contribution is -2.25. The van der Waals surface area contributed by atoms with E-state index < -0.39 is 0 Å². The Hall–Kier alpha value is -0.930. The van der Waals surface area contributed by atoms with Gasteiger partial charge in [-0.1, -0.05) is 19.1 Å². The zero-order chi connectivity index (χ0) is 12.8. The Morgan fingerprint density at radius 3 is 2.65 bits per heavy atom. The molecule has 0 saturated carbocycles. The summed E-state index contributed by atoms with van der Waals surface area (Å²) >= 11 is 0. The molecule has 0 aliphatic carbocycles. The van der Waals surface area contributed by atoms with Gasteiger partial charge in [0.2, 0.25) is 0 Å². The fourth-order valence-electron chi connectivity index (χ4n) is 1.70. The first-order valence-corrected chi connectivity index (χ1v) is 6.15. The molecule has 0 aliphatic rings. The van der Waals surface area contributed by atoms with Crippen LogP contribution in [0.5, 0.6) is 0 Å². The van der Waals surface area contributed by atoms with Crippen LogP contribution in [0.4, 0.5) is 4.39 Å². The van der Waals surface area contributed by atoms with Crippen molar-refractivity contribution in [3.63, 3.8) is 0 Å². The maximum atomic E-state index is 13.4. The third kappa shape index (κ3) is 4.44. The van der Waals surface area contributed by atoms with E-state index in [2.05, 4.69) is 12.2 Å². The summed E-state index contributed by atoms with van der Waals surface area (Å²) < 4.78 is 13.4. The van der Waals surface area contributed by atoms with Crippen molar-refractivity contribution >= 4 is 0 Å². The van der Waals surface area contributed by atoms with Gasteiger partial charge in [-0.3, -0.25) is 0 Å². The fraction of sp³-hybridized carbons (Fsp3) is 0.571. The summed E-state index contributed by atoms with van der Waals surface area (Å²) in [6.45, 7) is 6.93. The Morgan fingerprint density at radius 2 is 2.06 bits per heavy atom. The average Bonchev–Trinajstić information content (AvgIpc) is 2.30. The molecule has 1 aromatic carbocycles. The molecule has 2 atom stereocenters. The van der Waals surface area contributed by atoms with E-state index in [1.165, 1.54) is 0 Å². The van der Waals surface area contributed by atoms with Crippen molar-refractivity contribution in [3.05, 3.63) is 35.1 Å². The van der Waals surface area contributed by atoms with Crippen molar-refractivity contribution in [2.75, 3.05) is 13.2 Å². The third-order valence-corrected chi connectivity index (χ3v) is 3.09. The van der Waals surface area contributed by atoms with Crippen LogP contribution in [0, 0.1) is 18.7 Å². The number of nitrogens with one attached hydrogen (secondary N) is 1. The lowest BCUT2D eigenvalue weighted by molar-refractivity contribution is 0.258. The van der Waals surface area contributed by atoms with E-state index in [0.29, 0.717) is 11.5 Å². The molecule has 0 aliphatic heterocycles. The lowest BCUT2D eigenvalue weighted by atomic mass is 10.0. The first-order chi connectivity index (χ1) is 8.04. The molecule has 0 amide bonds. The van der Waals surface area contributed by atoms with Gasteiger partial charge in [0.15, 0.2) is 0 Å². The highest BCUT2D eigenvalue weighted by atomic mass is 19.1. The van der Waals surface area contributed by atoms with Crippen LogP contribution < -0.4 is 5.32 Å². The normalized spacial score (nSPS) is 14.6. The summed E-state index contributed by atoms with van der Waals surface area (Å²) in [6, 6.07) is 5.47. The first kappa shape index (κ1) is 14.1. The smallest absolute Gasteiger partial charge is 0.126 e. The molecule has 2 unspecified atom stereocenters. The monoisotopic (exact) mass is 239 g/mol. The van der Waals surface area contributed by atoms with Gasteiger partial charge < -0.3 is 10.4 Å². The van der Waals surface area contributed by atoms with Crippen LogP contribution in [0.25, 0.3) is 0 Å². The SMILES string of the molecule is Cc1ccc(C(C)NCC(C)CCO)cc1F. The maximum absolute atomic E-state index is 13.4. The molecule has 3 heteroatoms. The topological polar surface area (TPSA) is 32.3 Å². The Labute approximate surface area is 103 Å². The van der Waals surface area contributed by atoms with Crippen molar-refractivity contribution in [2.45, 2.75) is 33.2 Å². The molecule has 0 heterocycles. The minimum atomic E-state index is -0.153. The maximum Gasteiger partial charge on any atom is 0.126 e. The van der Waals surface area contributed by atoms with Gasteiger partial charge in [0.1, 0.15) is 5.82 Å². The molecule has 17 heavy (non-hydrogen) atoms. The van der Waals surface area contributed by atoms with Gasteiger partial charge in [0, 0.05) is 12.6 Å². The van der Waals surface area contributed by atoms with Gasteiger partial charge >= 0.3 is 0 Å². The molecule has 2 N–H and O–H groups in total. The van der Waals surface area contributed by atoms with Crippen LogP contribution >= 0.6 is 0 Å². The van der Waals surface area contributed by atoms with Gasteiger partial charge in [-0.05, 0) is 49.9 Å². The Kier molecular flexibility index (Phi) is 5.59. The Balaban J connectivity index is 2.52. The van der Waals surface area contributed by atoms with Gasteiger partial charge in [0.05, 0.1) is 0 Å². The second-order valence-electron chi connectivity index (χ2n) is 4.76. The highest BCUT2D eigenvalue weighted by Gasteiger charge is 2.09. The standard InChI is InChI=1S/C14H22FNO/c1-10(6-7-17)9-16-12(3)13-5-4-11(2)14(15)8-13/h4-5,8,10,12,16-17H,6-7,9H2,1-3H3. The molecule has 96 valence electrons. The predicted molar refractivity (Wildman–Crippen MR) is 68.4 cm³/mol. The van der Waals surface area contributed by atoms with Crippen molar-refractivity contribution in [1.82, 2.24) is 5.32 Å². The van der Waals surface area contributed by atoms with Crippen LogP contribution in [-0.4, -0.2) is 18.3 Å². The van der Waals surface area contributed by atoms with Crippen LogP contribution in [0.2, 0.25) is 0 Å². The van der Waals surface area contributed by atoms with Gasteiger partial charge in [-0.15, -0.1) is 0 Å². The number of aliphatic hydroxyl groups is 1. The van der Waals surface area contributed by atoms with Crippen molar-refractivity contribution in [1.29, 1.82) is 0 Å². The van der Waals surface area contributed by atoms with Crippen molar-refractivity contribution in [2.24, 2.45) is 5.92 Å². The average molecular weight is 239 g/mol.